The van der Waals surface area contributed by atoms with Gasteiger partial charge in [0.2, 0.25) is 0 Å². The molecule has 7 N–H and O–H groups in total. The lowest BCUT2D eigenvalue weighted by molar-refractivity contribution is -0.233. The zero-order valence-corrected chi connectivity index (χ0v) is 13.5. The second-order valence-corrected chi connectivity index (χ2v) is 5.95. The molecule has 0 saturated carbocycles. The summed E-state index contributed by atoms with van der Waals surface area (Å²) in [4.78, 5) is 27.0. The molecule has 3 rings (SSSR count). The van der Waals surface area contributed by atoms with Crippen LogP contribution in [0.1, 0.15) is 10.5 Å². The van der Waals surface area contributed by atoms with Gasteiger partial charge in [-0.05, 0) is 12.1 Å². The zero-order valence-electron chi connectivity index (χ0n) is 13.5. The van der Waals surface area contributed by atoms with Crippen molar-refractivity contribution in [3.05, 3.63) is 36.0 Å². The van der Waals surface area contributed by atoms with Crippen molar-refractivity contribution in [1.82, 2.24) is 15.6 Å². The van der Waals surface area contributed by atoms with Gasteiger partial charge in [0.05, 0.1) is 6.61 Å². The van der Waals surface area contributed by atoms with E-state index in [4.69, 9.17) is 9.84 Å². The number of aromatic amines is 1. The molecule has 140 valence electrons. The van der Waals surface area contributed by atoms with Gasteiger partial charge in [-0.2, -0.15) is 0 Å². The van der Waals surface area contributed by atoms with E-state index in [2.05, 4.69) is 15.6 Å². The summed E-state index contributed by atoms with van der Waals surface area (Å²) in [5.74, 6) is -0.705. The van der Waals surface area contributed by atoms with E-state index < -0.39 is 49.2 Å². The Morgan fingerprint density at radius 2 is 1.85 bits per heavy atom. The number of hydrogen-bond donors (Lipinski definition) is 7. The molecule has 1 aromatic carbocycles. The lowest BCUT2D eigenvalue weighted by atomic mass is 9.98. The average molecular weight is 365 g/mol. The predicted molar refractivity (Wildman–Crippen MR) is 88.1 cm³/mol. The van der Waals surface area contributed by atoms with Crippen LogP contribution in [0, 0.1) is 0 Å². The standard InChI is InChI=1S/C16H19N3O7/c20-6-10-11(21)12(22)13(23)15(26-10)19-16(25)18-14(24)9-5-7-3-1-2-4-8(7)17-9/h1-5,10-13,15,17,20-23H,6H2,(H2,18,19,24,25)/t10-,11-,12+,13-,15-/m1/s1. The number of urea groups is 1. The topological polar surface area (TPSA) is 164 Å². The third-order valence-corrected chi connectivity index (χ3v) is 4.17. The number of benzene rings is 1. The molecule has 0 unspecified atom stereocenters. The molecule has 1 aliphatic rings. The smallest absolute Gasteiger partial charge is 0.323 e. The number of imide groups is 1. The summed E-state index contributed by atoms with van der Waals surface area (Å²) in [6.07, 6.45) is -7.38. The van der Waals surface area contributed by atoms with E-state index in [9.17, 15) is 24.9 Å². The number of aliphatic hydroxyl groups is 4. The first-order chi connectivity index (χ1) is 12.4. The molecule has 1 saturated heterocycles. The fraction of sp³-hybridized carbons (Fsp3) is 0.375. The number of para-hydroxylation sites is 1. The number of hydrogen-bond acceptors (Lipinski definition) is 7. The van der Waals surface area contributed by atoms with E-state index >= 15 is 0 Å². The number of carbonyl (C=O) groups is 2. The molecule has 0 spiro atoms. The molecule has 10 nitrogen and oxygen atoms in total. The highest BCUT2D eigenvalue weighted by Crippen LogP contribution is 2.19. The summed E-state index contributed by atoms with van der Waals surface area (Å²) in [5, 5.41) is 43.4. The minimum absolute atomic E-state index is 0.162. The number of H-pyrrole nitrogens is 1. The van der Waals surface area contributed by atoms with Crippen LogP contribution in [0.15, 0.2) is 30.3 Å². The summed E-state index contributed by atoms with van der Waals surface area (Å²) in [7, 11) is 0. The van der Waals surface area contributed by atoms with Gasteiger partial charge in [-0.25, -0.2) is 4.79 Å². The summed E-state index contributed by atoms with van der Waals surface area (Å²) < 4.78 is 5.14. The van der Waals surface area contributed by atoms with Crippen molar-refractivity contribution in [2.24, 2.45) is 0 Å². The van der Waals surface area contributed by atoms with E-state index in [0.29, 0.717) is 0 Å². The Morgan fingerprint density at radius 3 is 2.54 bits per heavy atom. The molecular formula is C16H19N3O7. The second-order valence-electron chi connectivity index (χ2n) is 5.95. The highest BCUT2D eigenvalue weighted by Gasteiger charge is 2.44. The third-order valence-electron chi connectivity index (χ3n) is 4.17. The monoisotopic (exact) mass is 365 g/mol. The summed E-state index contributed by atoms with van der Waals surface area (Å²) in [5.41, 5.74) is 0.891. The normalized spacial score (nSPS) is 28.7. The number of fused-ring (bicyclic) bond motifs is 1. The number of nitrogens with one attached hydrogen (secondary N) is 3. The lowest BCUT2D eigenvalue weighted by Gasteiger charge is -2.39. The van der Waals surface area contributed by atoms with Crippen LogP contribution in [0.3, 0.4) is 0 Å². The molecule has 26 heavy (non-hydrogen) atoms. The Hall–Kier alpha value is -2.50. The summed E-state index contributed by atoms with van der Waals surface area (Å²) in [6, 6.07) is 7.79. The molecule has 3 amide bonds. The maximum Gasteiger partial charge on any atom is 0.323 e. The van der Waals surface area contributed by atoms with Crippen molar-refractivity contribution in [3.63, 3.8) is 0 Å². The number of amides is 3. The van der Waals surface area contributed by atoms with Crippen LogP contribution in [0.25, 0.3) is 10.9 Å². The maximum absolute atomic E-state index is 12.1. The van der Waals surface area contributed by atoms with Crippen LogP contribution >= 0.6 is 0 Å². The van der Waals surface area contributed by atoms with Gasteiger partial charge in [0.25, 0.3) is 5.91 Å². The largest absolute Gasteiger partial charge is 0.394 e. The van der Waals surface area contributed by atoms with Gasteiger partial charge in [0.1, 0.15) is 30.1 Å². The van der Waals surface area contributed by atoms with E-state index in [1.165, 1.54) is 0 Å². The van der Waals surface area contributed by atoms with Crippen LogP contribution in [-0.4, -0.2) is 74.6 Å². The van der Waals surface area contributed by atoms with Crippen molar-refractivity contribution in [3.8, 4) is 0 Å². The Morgan fingerprint density at radius 1 is 1.12 bits per heavy atom. The minimum Gasteiger partial charge on any atom is -0.394 e. The van der Waals surface area contributed by atoms with Crippen LogP contribution in [0.2, 0.25) is 0 Å². The summed E-state index contributed by atoms with van der Waals surface area (Å²) >= 11 is 0. The average Bonchev–Trinajstić information content (AvgIpc) is 3.06. The number of aromatic nitrogens is 1. The fourth-order valence-corrected chi connectivity index (χ4v) is 2.75. The summed E-state index contributed by atoms with van der Waals surface area (Å²) in [6.45, 7) is -0.626. The number of carbonyl (C=O) groups excluding carboxylic acids is 2. The highest BCUT2D eigenvalue weighted by molar-refractivity contribution is 6.05. The van der Waals surface area contributed by atoms with Crippen LogP contribution in [0.5, 0.6) is 0 Å². The van der Waals surface area contributed by atoms with Gasteiger partial charge in [0, 0.05) is 10.9 Å². The number of aliphatic hydroxyl groups excluding tert-OH is 4. The van der Waals surface area contributed by atoms with E-state index in [1.54, 1.807) is 24.3 Å². The van der Waals surface area contributed by atoms with Crippen molar-refractivity contribution < 1.29 is 34.8 Å². The molecule has 0 bridgehead atoms. The quantitative estimate of drug-likeness (QED) is 0.344. The van der Waals surface area contributed by atoms with Crippen molar-refractivity contribution in [1.29, 1.82) is 0 Å². The highest BCUT2D eigenvalue weighted by atomic mass is 16.6. The number of rotatable bonds is 3. The first-order valence-corrected chi connectivity index (χ1v) is 7.91. The molecule has 2 heterocycles. The third kappa shape index (κ3) is 3.54. The predicted octanol–water partition coefficient (Wildman–Crippen LogP) is -1.59. The second kappa shape index (κ2) is 7.40. The molecular weight excluding hydrogens is 346 g/mol. The van der Waals surface area contributed by atoms with E-state index in [1.807, 2.05) is 6.07 Å². The van der Waals surface area contributed by atoms with E-state index in [0.717, 1.165) is 10.9 Å². The van der Waals surface area contributed by atoms with Crippen LogP contribution in [0.4, 0.5) is 4.79 Å². The zero-order chi connectivity index (χ0) is 18.8. The SMILES string of the molecule is O=C(NC(=O)c1cc2ccccc2[nH]1)N[C@@H]1O[C@H](CO)[C@@H](O)[C@H](O)[C@H]1O. The fourth-order valence-electron chi connectivity index (χ4n) is 2.75. The first-order valence-electron chi connectivity index (χ1n) is 7.91. The molecule has 1 aliphatic heterocycles. The van der Waals surface area contributed by atoms with Gasteiger partial charge in [-0.3, -0.25) is 10.1 Å². The molecule has 1 fully saturated rings. The minimum atomic E-state index is -1.64. The Labute approximate surface area is 147 Å². The Bertz CT molecular complexity index is 773. The van der Waals surface area contributed by atoms with Crippen LogP contribution in [-0.2, 0) is 4.74 Å². The van der Waals surface area contributed by atoms with Crippen molar-refractivity contribution >= 4 is 22.8 Å². The molecule has 0 aliphatic carbocycles. The lowest BCUT2D eigenvalue weighted by Crippen LogP contribution is -2.64. The van der Waals surface area contributed by atoms with Crippen molar-refractivity contribution in [2.45, 2.75) is 30.6 Å². The Kier molecular flexibility index (Phi) is 5.20. The van der Waals surface area contributed by atoms with E-state index in [-0.39, 0.29) is 5.69 Å². The van der Waals surface area contributed by atoms with Gasteiger partial charge in [-0.15, -0.1) is 0 Å². The maximum atomic E-state index is 12.1. The van der Waals surface area contributed by atoms with Gasteiger partial charge < -0.3 is 35.5 Å². The van der Waals surface area contributed by atoms with Gasteiger partial charge in [-0.1, -0.05) is 18.2 Å². The van der Waals surface area contributed by atoms with Crippen LogP contribution < -0.4 is 10.6 Å². The molecule has 5 atom stereocenters. The molecule has 0 radical (unpaired) electrons. The number of ether oxygens (including phenoxy) is 1. The molecule has 10 heteroatoms. The first kappa shape index (κ1) is 18.3. The molecule has 2 aromatic rings. The molecule has 1 aromatic heterocycles. The van der Waals surface area contributed by atoms with Gasteiger partial charge >= 0.3 is 6.03 Å². The van der Waals surface area contributed by atoms with Crippen molar-refractivity contribution in [2.75, 3.05) is 6.61 Å². The van der Waals surface area contributed by atoms with Gasteiger partial charge in [0.15, 0.2) is 6.23 Å². The Balaban J connectivity index is 1.63.